The topological polar surface area (TPSA) is 102 Å². The summed E-state index contributed by atoms with van der Waals surface area (Å²) in [5.41, 5.74) is 3.42. The van der Waals surface area contributed by atoms with E-state index >= 15 is 0 Å². The van der Waals surface area contributed by atoms with Crippen LogP contribution in [-0.4, -0.2) is 35.4 Å². The molecule has 1 atom stereocenters. The normalized spacial score (nSPS) is 13.2. The van der Waals surface area contributed by atoms with Crippen molar-refractivity contribution in [3.05, 3.63) is 93.4 Å². The second kappa shape index (κ2) is 8.62. The molecule has 8 heteroatoms. The minimum Gasteiger partial charge on any atom is -0.411 e. The molecule has 3 rings (SSSR count). The van der Waals surface area contributed by atoms with Gasteiger partial charge in [-0.1, -0.05) is 41.6 Å². The van der Waals surface area contributed by atoms with Crippen molar-refractivity contribution in [3.8, 4) is 0 Å². The molecule has 0 aliphatic rings. The summed E-state index contributed by atoms with van der Waals surface area (Å²) >= 11 is 0. The molecule has 0 aliphatic carbocycles. The van der Waals surface area contributed by atoms with Crippen molar-refractivity contribution in [1.82, 2.24) is 9.78 Å². The molecule has 0 spiro atoms. The molecule has 1 N–H and O–H groups in total. The number of hydrogen-bond donors (Lipinski definition) is 1. The highest BCUT2D eigenvalue weighted by molar-refractivity contribution is 7.90. The molecule has 1 aromatic heterocycles. The van der Waals surface area contributed by atoms with Gasteiger partial charge in [-0.3, -0.25) is 4.79 Å². The third-order valence-corrected chi connectivity index (χ3v) is 6.18. The van der Waals surface area contributed by atoms with Crippen LogP contribution in [0.4, 0.5) is 0 Å². The van der Waals surface area contributed by atoms with E-state index in [1.165, 1.54) is 30.1 Å². The van der Waals surface area contributed by atoms with Crippen LogP contribution < -0.4 is 5.56 Å². The maximum absolute atomic E-state index is 11.8. The highest BCUT2D eigenvalue weighted by Crippen LogP contribution is 2.32. The van der Waals surface area contributed by atoms with Crippen LogP contribution in [-0.2, 0) is 16.9 Å². The van der Waals surface area contributed by atoms with Crippen molar-refractivity contribution in [2.24, 2.45) is 12.2 Å². The molecule has 1 heterocycles. The second-order valence-corrected chi connectivity index (χ2v) is 9.20. The van der Waals surface area contributed by atoms with Crippen molar-refractivity contribution in [2.75, 3.05) is 6.26 Å². The first-order valence-electron chi connectivity index (χ1n) is 9.32. The van der Waals surface area contributed by atoms with Gasteiger partial charge in [-0.05, 0) is 41.8 Å². The molecule has 3 aromatic rings. The number of sulfone groups is 1. The first-order valence-corrected chi connectivity index (χ1v) is 11.2. The zero-order valence-corrected chi connectivity index (χ0v) is 17.8. The first-order chi connectivity index (χ1) is 14.2. The Morgan fingerprint density at radius 2 is 1.77 bits per heavy atom. The Hall–Kier alpha value is -3.26. The maximum atomic E-state index is 11.8. The van der Waals surface area contributed by atoms with Crippen molar-refractivity contribution in [3.63, 3.8) is 0 Å². The number of nitrogens with zero attached hydrogens (tertiary/aromatic N) is 3. The third-order valence-electron chi connectivity index (χ3n) is 5.05. The average molecular weight is 426 g/mol. The van der Waals surface area contributed by atoms with Crippen molar-refractivity contribution >= 4 is 15.5 Å². The molecule has 0 amide bonds. The van der Waals surface area contributed by atoms with E-state index in [4.69, 9.17) is 0 Å². The Bertz CT molecular complexity index is 1250. The zero-order valence-electron chi connectivity index (χ0n) is 17.0. The Balaban J connectivity index is 2.07. The van der Waals surface area contributed by atoms with Crippen LogP contribution in [0.1, 0.15) is 34.7 Å². The van der Waals surface area contributed by atoms with E-state index in [9.17, 15) is 18.4 Å². The number of benzene rings is 2. The zero-order chi connectivity index (χ0) is 21.9. The van der Waals surface area contributed by atoms with Gasteiger partial charge >= 0.3 is 0 Å². The number of aromatic nitrogens is 2. The van der Waals surface area contributed by atoms with E-state index in [0.29, 0.717) is 17.8 Å². The van der Waals surface area contributed by atoms with Crippen LogP contribution in [0.15, 0.2) is 75.5 Å². The van der Waals surface area contributed by atoms with Crippen LogP contribution >= 0.6 is 0 Å². The Morgan fingerprint density at radius 3 is 2.33 bits per heavy atom. The van der Waals surface area contributed by atoms with Gasteiger partial charge in [0.25, 0.3) is 5.56 Å². The molecular weight excluding hydrogens is 402 g/mol. The molecule has 156 valence electrons. The Kier molecular flexibility index (Phi) is 6.17. The minimum atomic E-state index is -3.30. The summed E-state index contributed by atoms with van der Waals surface area (Å²) in [6.45, 7) is 1.99. The fraction of sp³-hybridized carbons (Fsp3) is 0.227. The predicted octanol–water partition coefficient (Wildman–Crippen LogP) is 2.89. The molecule has 0 radical (unpaired) electrons. The highest BCUT2D eigenvalue weighted by Gasteiger charge is 2.22. The standard InChI is InChI=1S/C22H23N3O4S/c1-15-6-4-5-7-18(15)19(16-8-10-17(11-9-16)30(3,28)29)14-21(24-27)20-12-13-22(26)25(2)23-20/h4-13,19,27H,14H2,1-3H3/b24-21+/t19-/m1/s1. The molecule has 2 aromatic carbocycles. The summed E-state index contributed by atoms with van der Waals surface area (Å²) in [4.78, 5) is 11.9. The Labute approximate surface area is 175 Å². The summed E-state index contributed by atoms with van der Waals surface area (Å²) in [6, 6.07) is 17.5. The Morgan fingerprint density at radius 1 is 1.10 bits per heavy atom. The molecule has 0 saturated heterocycles. The van der Waals surface area contributed by atoms with E-state index in [2.05, 4.69) is 10.3 Å². The van der Waals surface area contributed by atoms with E-state index in [0.717, 1.165) is 16.7 Å². The average Bonchev–Trinajstić information content (AvgIpc) is 2.71. The largest absolute Gasteiger partial charge is 0.411 e. The van der Waals surface area contributed by atoms with E-state index in [1.807, 2.05) is 31.2 Å². The molecule has 0 aliphatic heterocycles. The molecule has 7 nitrogen and oxygen atoms in total. The summed E-state index contributed by atoms with van der Waals surface area (Å²) in [7, 11) is -1.77. The molecular formula is C22H23N3O4S. The lowest BCUT2D eigenvalue weighted by Gasteiger charge is -2.21. The number of oxime groups is 1. The van der Waals surface area contributed by atoms with Gasteiger partial charge in [-0.15, -0.1) is 0 Å². The van der Waals surface area contributed by atoms with Crippen molar-refractivity contribution in [1.29, 1.82) is 0 Å². The maximum Gasteiger partial charge on any atom is 0.266 e. The van der Waals surface area contributed by atoms with Gasteiger partial charge in [0, 0.05) is 31.7 Å². The second-order valence-electron chi connectivity index (χ2n) is 7.18. The lowest BCUT2D eigenvalue weighted by atomic mass is 9.84. The van der Waals surface area contributed by atoms with E-state index in [1.54, 1.807) is 24.3 Å². The van der Waals surface area contributed by atoms with E-state index < -0.39 is 9.84 Å². The van der Waals surface area contributed by atoms with Crippen LogP contribution in [0.5, 0.6) is 0 Å². The van der Waals surface area contributed by atoms with Gasteiger partial charge in [0.1, 0.15) is 11.4 Å². The van der Waals surface area contributed by atoms with Crippen LogP contribution in [0.3, 0.4) is 0 Å². The fourth-order valence-corrected chi connectivity index (χ4v) is 4.01. The number of hydrogen-bond acceptors (Lipinski definition) is 6. The summed E-state index contributed by atoms with van der Waals surface area (Å²) in [5.74, 6) is -0.204. The quantitative estimate of drug-likeness (QED) is 0.372. The summed E-state index contributed by atoms with van der Waals surface area (Å²) in [6.07, 6.45) is 1.48. The summed E-state index contributed by atoms with van der Waals surface area (Å²) < 4.78 is 24.8. The predicted molar refractivity (Wildman–Crippen MR) is 115 cm³/mol. The lowest BCUT2D eigenvalue weighted by molar-refractivity contribution is 0.317. The number of aryl methyl sites for hydroxylation is 2. The van der Waals surface area contributed by atoms with Crippen LogP contribution in [0, 0.1) is 6.92 Å². The van der Waals surface area contributed by atoms with Crippen molar-refractivity contribution < 1.29 is 13.6 Å². The molecule has 0 saturated carbocycles. The fourth-order valence-electron chi connectivity index (χ4n) is 3.38. The van der Waals surface area contributed by atoms with E-state index in [-0.39, 0.29) is 16.4 Å². The SMILES string of the molecule is Cc1ccccc1[C@H](C/C(=N\O)c1ccc(=O)n(C)n1)c1ccc(S(C)(=O)=O)cc1. The lowest BCUT2D eigenvalue weighted by Crippen LogP contribution is -2.22. The third kappa shape index (κ3) is 4.65. The smallest absolute Gasteiger partial charge is 0.266 e. The number of rotatable bonds is 6. The molecule has 0 unspecified atom stereocenters. The van der Waals surface area contributed by atoms with Gasteiger partial charge in [0.2, 0.25) is 0 Å². The van der Waals surface area contributed by atoms with Gasteiger partial charge in [0.05, 0.1) is 4.90 Å². The monoisotopic (exact) mass is 425 g/mol. The minimum absolute atomic E-state index is 0.204. The first kappa shape index (κ1) is 21.4. The van der Waals surface area contributed by atoms with Gasteiger partial charge in [-0.25, -0.2) is 13.1 Å². The van der Waals surface area contributed by atoms with Gasteiger partial charge < -0.3 is 5.21 Å². The molecule has 30 heavy (non-hydrogen) atoms. The van der Waals surface area contributed by atoms with Gasteiger partial charge in [-0.2, -0.15) is 5.10 Å². The van der Waals surface area contributed by atoms with Crippen LogP contribution in [0.2, 0.25) is 0 Å². The summed E-state index contributed by atoms with van der Waals surface area (Å²) in [5, 5.41) is 17.3. The van der Waals surface area contributed by atoms with Crippen LogP contribution in [0.25, 0.3) is 0 Å². The molecule has 0 fully saturated rings. The molecule has 0 bridgehead atoms. The van der Waals surface area contributed by atoms with Gasteiger partial charge in [0.15, 0.2) is 9.84 Å². The highest BCUT2D eigenvalue weighted by atomic mass is 32.2. The van der Waals surface area contributed by atoms with Crippen molar-refractivity contribution in [2.45, 2.75) is 24.2 Å².